The van der Waals surface area contributed by atoms with E-state index in [1.807, 2.05) is 12.1 Å². The topological polar surface area (TPSA) is 52.6 Å². The van der Waals surface area contributed by atoms with E-state index in [4.69, 9.17) is 5.11 Å². The van der Waals surface area contributed by atoms with Gasteiger partial charge in [-0.3, -0.25) is 0 Å². The summed E-state index contributed by atoms with van der Waals surface area (Å²) < 4.78 is 0. The van der Waals surface area contributed by atoms with Gasteiger partial charge in [0.25, 0.3) is 0 Å². The monoisotopic (exact) mass is 234 g/mol. The molecule has 0 bridgehead atoms. The van der Waals surface area contributed by atoms with Gasteiger partial charge in [-0.25, -0.2) is 4.79 Å². The van der Waals surface area contributed by atoms with Gasteiger partial charge in [0.05, 0.1) is 0 Å². The van der Waals surface area contributed by atoms with E-state index < -0.39 is 12.0 Å². The number of fused-ring (bicyclic) bond motifs is 1. The molecule has 4 nitrogen and oxygen atoms in total. The van der Waals surface area contributed by atoms with Crippen molar-refractivity contribution in [3.8, 4) is 0 Å². The van der Waals surface area contributed by atoms with E-state index in [0.29, 0.717) is 6.42 Å². The summed E-state index contributed by atoms with van der Waals surface area (Å²) in [4.78, 5) is 13.2. The van der Waals surface area contributed by atoms with Gasteiger partial charge in [-0.1, -0.05) is 0 Å². The molecule has 0 amide bonds. The van der Waals surface area contributed by atoms with Crippen LogP contribution in [0.25, 0.3) is 0 Å². The second-order valence-electron chi connectivity index (χ2n) is 4.25. The van der Waals surface area contributed by atoms with Crippen LogP contribution in [0, 0.1) is 0 Å². The molecule has 1 aromatic rings. The van der Waals surface area contributed by atoms with E-state index in [1.54, 1.807) is 0 Å². The Morgan fingerprint density at radius 3 is 2.76 bits per heavy atom. The summed E-state index contributed by atoms with van der Waals surface area (Å²) in [6.07, 6.45) is 0.569. The van der Waals surface area contributed by atoms with Crippen molar-refractivity contribution in [2.75, 3.05) is 23.3 Å². The number of hydrogen-bond acceptors (Lipinski definition) is 3. The number of anilines is 2. The largest absolute Gasteiger partial charge is 0.480 e. The SMILES string of the molecule is CCN(CC)c1ccc2c(c1)CC(C(=O)O)N2. The van der Waals surface area contributed by atoms with E-state index in [1.165, 1.54) is 5.69 Å². The molecule has 1 unspecified atom stereocenters. The minimum Gasteiger partial charge on any atom is -0.480 e. The second-order valence-corrected chi connectivity index (χ2v) is 4.25. The highest BCUT2D eigenvalue weighted by Crippen LogP contribution is 2.30. The van der Waals surface area contributed by atoms with Crippen LogP contribution in [0.5, 0.6) is 0 Å². The molecule has 0 spiro atoms. The molecule has 0 fully saturated rings. The zero-order chi connectivity index (χ0) is 12.4. The standard InChI is InChI=1S/C13H18N2O2/c1-3-15(4-2)10-5-6-11-9(7-10)8-12(14-11)13(16)17/h5-7,12,14H,3-4,8H2,1-2H3,(H,16,17). The number of nitrogens with zero attached hydrogens (tertiary/aromatic N) is 1. The van der Waals surface area contributed by atoms with Crippen LogP contribution in [0.1, 0.15) is 19.4 Å². The molecule has 17 heavy (non-hydrogen) atoms. The van der Waals surface area contributed by atoms with Crippen LogP contribution < -0.4 is 10.2 Å². The van der Waals surface area contributed by atoms with Crippen molar-refractivity contribution in [2.24, 2.45) is 0 Å². The first-order chi connectivity index (χ1) is 8.15. The highest BCUT2D eigenvalue weighted by Gasteiger charge is 2.26. The third-order valence-corrected chi connectivity index (χ3v) is 3.27. The minimum atomic E-state index is -0.786. The van der Waals surface area contributed by atoms with Crippen molar-refractivity contribution >= 4 is 17.3 Å². The quantitative estimate of drug-likeness (QED) is 0.836. The number of rotatable bonds is 4. The number of aliphatic carboxylic acids is 1. The molecule has 1 aromatic carbocycles. The van der Waals surface area contributed by atoms with Gasteiger partial charge >= 0.3 is 5.97 Å². The number of nitrogens with one attached hydrogen (secondary N) is 1. The van der Waals surface area contributed by atoms with Gasteiger partial charge in [-0.15, -0.1) is 0 Å². The summed E-state index contributed by atoms with van der Waals surface area (Å²) in [6.45, 7) is 6.17. The maximum Gasteiger partial charge on any atom is 0.326 e. The van der Waals surface area contributed by atoms with Crippen LogP contribution in [0.2, 0.25) is 0 Å². The van der Waals surface area contributed by atoms with Gasteiger partial charge in [-0.05, 0) is 37.6 Å². The van der Waals surface area contributed by atoms with Crippen LogP contribution in [0.4, 0.5) is 11.4 Å². The number of benzene rings is 1. The maximum atomic E-state index is 10.9. The Kier molecular flexibility index (Phi) is 3.22. The third-order valence-electron chi connectivity index (χ3n) is 3.27. The number of hydrogen-bond donors (Lipinski definition) is 2. The minimum absolute atomic E-state index is 0.475. The Labute approximate surface area is 101 Å². The molecular weight excluding hydrogens is 216 g/mol. The van der Waals surface area contributed by atoms with E-state index >= 15 is 0 Å². The molecular formula is C13H18N2O2. The van der Waals surface area contributed by atoms with E-state index in [-0.39, 0.29) is 0 Å². The van der Waals surface area contributed by atoms with Crippen molar-refractivity contribution in [1.82, 2.24) is 0 Å². The number of carboxylic acid groups (broad SMARTS) is 1. The molecule has 0 aromatic heterocycles. The first-order valence-corrected chi connectivity index (χ1v) is 6.03. The first-order valence-electron chi connectivity index (χ1n) is 6.03. The Morgan fingerprint density at radius 2 is 2.18 bits per heavy atom. The van der Waals surface area contributed by atoms with Crippen LogP contribution in [0.15, 0.2) is 18.2 Å². The first kappa shape index (κ1) is 11.8. The molecule has 4 heteroatoms. The Balaban J connectivity index is 2.23. The van der Waals surface area contributed by atoms with Gasteiger partial charge in [0.2, 0.25) is 0 Å². The molecule has 0 radical (unpaired) electrons. The normalized spacial score (nSPS) is 17.4. The lowest BCUT2D eigenvalue weighted by Gasteiger charge is -2.21. The van der Waals surface area contributed by atoms with E-state index in [9.17, 15) is 4.79 Å². The zero-order valence-electron chi connectivity index (χ0n) is 10.2. The number of carboxylic acids is 1. The zero-order valence-corrected chi connectivity index (χ0v) is 10.2. The molecule has 2 N–H and O–H groups in total. The van der Waals surface area contributed by atoms with Gasteiger partial charge in [0.1, 0.15) is 6.04 Å². The lowest BCUT2D eigenvalue weighted by atomic mass is 10.1. The summed E-state index contributed by atoms with van der Waals surface area (Å²) in [5.41, 5.74) is 3.22. The highest BCUT2D eigenvalue weighted by atomic mass is 16.4. The molecule has 1 aliphatic heterocycles. The van der Waals surface area contributed by atoms with Gasteiger partial charge in [0, 0.05) is 30.9 Å². The second kappa shape index (κ2) is 4.65. The smallest absolute Gasteiger partial charge is 0.326 e. The van der Waals surface area contributed by atoms with E-state index in [2.05, 4.69) is 30.1 Å². The van der Waals surface area contributed by atoms with Gasteiger partial charge in [-0.2, -0.15) is 0 Å². The van der Waals surface area contributed by atoms with Crippen LogP contribution in [-0.4, -0.2) is 30.2 Å². The molecule has 0 saturated heterocycles. The Morgan fingerprint density at radius 1 is 1.47 bits per heavy atom. The van der Waals surface area contributed by atoms with Crippen LogP contribution in [-0.2, 0) is 11.2 Å². The average Bonchev–Trinajstić information content (AvgIpc) is 2.74. The Bertz CT molecular complexity index is 427. The molecule has 92 valence electrons. The van der Waals surface area contributed by atoms with Crippen molar-refractivity contribution in [2.45, 2.75) is 26.3 Å². The third kappa shape index (κ3) is 2.20. The fourth-order valence-electron chi connectivity index (χ4n) is 2.28. The molecule has 0 aliphatic carbocycles. The lowest BCUT2D eigenvalue weighted by molar-refractivity contribution is -0.137. The summed E-state index contributed by atoms with van der Waals surface area (Å²) in [6, 6.07) is 5.64. The number of carbonyl (C=O) groups is 1. The predicted molar refractivity (Wildman–Crippen MR) is 68.8 cm³/mol. The summed E-state index contributed by atoms with van der Waals surface area (Å²) in [5, 5.41) is 12.0. The predicted octanol–water partition coefficient (Wildman–Crippen LogP) is 1.95. The molecule has 1 atom stereocenters. The van der Waals surface area contributed by atoms with Crippen molar-refractivity contribution in [1.29, 1.82) is 0 Å². The van der Waals surface area contributed by atoms with Gasteiger partial charge < -0.3 is 15.3 Å². The van der Waals surface area contributed by atoms with Gasteiger partial charge in [0.15, 0.2) is 0 Å². The summed E-state index contributed by atoms with van der Waals surface area (Å²) in [5.74, 6) is -0.786. The molecule has 1 heterocycles. The Hall–Kier alpha value is -1.71. The summed E-state index contributed by atoms with van der Waals surface area (Å²) >= 11 is 0. The fraction of sp³-hybridized carbons (Fsp3) is 0.462. The average molecular weight is 234 g/mol. The van der Waals surface area contributed by atoms with Crippen LogP contribution >= 0.6 is 0 Å². The maximum absolute atomic E-state index is 10.9. The van der Waals surface area contributed by atoms with Crippen molar-refractivity contribution in [3.63, 3.8) is 0 Å². The molecule has 2 rings (SSSR count). The summed E-state index contributed by atoms with van der Waals surface area (Å²) in [7, 11) is 0. The molecule has 1 aliphatic rings. The van der Waals surface area contributed by atoms with Crippen molar-refractivity contribution < 1.29 is 9.90 Å². The molecule has 0 saturated carbocycles. The fourth-order valence-corrected chi connectivity index (χ4v) is 2.28. The van der Waals surface area contributed by atoms with E-state index in [0.717, 1.165) is 24.3 Å². The van der Waals surface area contributed by atoms with Crippen LogP contribution in [0.3, 0.4) is 0 Å². The van der Waals surface area contributed by atoms with Crippen molar-refractivity contribution in [3.05, 3.63) is 23.8 Å². The highest BCUT2D eigenvalue weighted by molar-refractivity contribution is 5.82. The lowest BCUT2D eigenvalue weighted by Crippen LogP contribution is -2.26.